The van der Waals surface area contributed by atoms with Gasteiger partial charge in [-0.2, -0.15) is 0 Å². The van der Waals surface area contributed by atoms with E-state index in [-0.39, 0.29) is 16.1 Å². The topological polar surface area (TPSA) is 80.2 Å². The van der Waals surface area contributed by atoms with E-state index in [1.54, 1.807) is 44.3 Å². The second kappa shape index (κ2) is 8.14. The molecule has 146 valence electrons. The van der Waals surface area contributed by atoms with E-state index < -0.39 is 10.0 Å². The third-order valence-corrected chi connectivity index (χ3v) is 6.44. The van der Waals surface area contributed by atoms with Crippen molar-refractivity contribution in [2.24, 2.45) is 7.05 Å². The maximum absolute atomic E-state index is 12.8. The van der Waals surface area contributed by atoms with Crippen molar-refractivity contribution in [2.45, 2.75) is 11.8 Å². The van der Waals surface area contributed by atoms with Crippen LogP contribution in [0.4, 0.5) is 17.2 Å². The first kappa shape index (κ1) is 20.7. The van der Waals surface area contributed by atoms with Crippen LogP contribution in [0.5, 0.6) is 0 Å². The smallest absolute Gasteiger partial charge is 0.262 e. The average molecular weight is 530 g/mol. The van der Waals surface area contributed by atoms with Crippen LogP contribution in [0.25, 0.3) is 0 Å². The number of hydrogen-bond donors (Lipinski definition) is 2. The molecule has 28 heavy (non-hydrogen) atoms. The molecule has 0 atom stereocenters. The summed E-state index contributed by atoms with van der Waals surface area (Å²) in [6.07, 6.45) is 0. The van der Waals surface area contributed by atoms with Gasteiger partial charge in [-0.1, -0.05) is 29.8 Å². The van der Waals surface area contributed by atoms with Gasteiger partial charge in [0.05, 0.1) is 21.3 Å². The average Bonchev–Trinajstić information content (AvgIpc) is 2.65. The van der Waals surface area contributed by atoms with E-state index in [2.05, 4.69) is 32.6 Å². The highest BCUT2D eigenvalue weighted by Gasteiger charge is 2.19. The minimum Gasteiger partial charge on any atom is -0.339 e. The molecule has 3 rings (SSSR count). The number of pyridine rings is 1. The molecule has 0 saturated carbocycles. The molecule has 0 bridgehead atoms. The fourth-order valence-electron chi connectivity index (χ4n) is 2.64. The van der Waals surface area contributed by atoms with E-state index in [9.17, 15) is 13.2 Å². The molecule has 3 aromatic rings. The van der Waals surface area contributed by atoms with Gasteiger partial charge in [-0.15, -0.1) is 0 Å². The number of nitrogens with zero attached hydrogens (tertiary/aromatic N) is 1. The molecule has 0 spiro atoms. The van der Waals surface area contributed by atoms with Gasteiger partial charge >= 0.3 is 0 Å². The number of halogens is 2. The molecule has 1 aromatic heterocycles. The molecule has 0 saturated heterocycles. The van der Waals surface area contributed by atoms with E-state index in [1.807, 2.05) is 6.07 Å². The number of sulfonamides is 1. The Bertz CT molecular complexity index is 1200. The Kier molecular flexibility index (Phi) is 6.01. The SMILES string of the molecule is Cc1cc(NS(=O)(=O)c2ccccc2)c(Nc2ccc(I)cc2Cl)n(C)c1=O. The summed E-state index contributed by atoms with van der Waals surface area (Å²) in [5.74, 6) is 0.290. The first-order valence-electron chi connectivity index (χ1n) is 8.19. The molecule has 0 aliphatic rings. The Morgan fingerprint density at radius 3 is 2.36 bits per heavy atom. The maximum Gasteiger partial charge on any atom is 0.262 e. The van der Waals surface area contributed by atoms with Gasteiger partial charge in [0.15, 0.2) is 0 Å². The lowest BCUT2D eigenvalue weighted by Gasteiger charge is -2.19. The largest absolute Gasteiger partial charge is 0.339 e. The summed E-state index contributed by atoms with van der Waals surface area (Å²) >= 11 is 8.43. The highest BCUT2D eigenvalue weighted by molar-refractivity contribution is 14.1. The summed E-state index contributed by atoms with van der Waals surface area (Å²) < 4.78 is 30.4. The predicted molar refractivity (Wildman–Crippen MR) is 121 cm³/mol. The van der Waals surface area contributed by atoms with E-state index in [0.717, 1.165) is 3.57 Å². The molecule has 0 unspecified atom stereocenters. The molecule has 2 N–H and O–H groups in total. The van der Waals surface area contributed by atoms with Gasteiger partial charge in [0.1, 0.15) is 5.82 Å². The van der Waals surface area contributed by atoms with Crippen molar-refractivity contribution in [2.75, 3.05) is 10.0 Å². The van der Waals surface area contributed by atoms with Gasteiger partial charge in [0.2, 0.25) is 0 Å². The summed E-state index contributed by atoms with van der Waals surface area (Å²) in [4.78, 5) is 12.5. The lowest BCUT2D eigenvalue weighted by molar-refractivity contribution is 0.601. The van der Waals surface area contributed by atoms with Crippen molar-refractivity contribution in [1.82, 2.24) is 4.57 Å². The normalized spacial score (nSPS) is 11.3. The monoisotopic (exact) mass is 529 g/mol. The van der Waals surface area contributed by atoms with Gasteiger partial charge in [0.25, 0.3) is 15.6 Å². The molecule has 9 heteroatoms. The quantitative estimate of drug-likeness (QED) is 0.477. The molecule has 0 fully saturated rings. The predicted octanol–water partition coefficient (Wildman–Crippen LogP) is 4.50. The Morgan fingerprint density at radius 1 is 1.04 bits per heavy atom. The summed E-state index contributed by atoms with van der Waals surface area (Å²) in [5, 5.41) is 3.53. The van der Waals surface area contributed by atoms with Gasteiger partial charge in [-0.3, -0.25) is 14.1 Å². The standard InChI is InChI=1S/C19H17ClIN3O3S/c1-12-10-17(23-28(26,27)14-6-4-3-5-7-14)18(24(2)19(12)25)22-16-9-8-13(21)11-15(16)20/h3-11,22-23H,1-2H3. The van der Waals surface area contributed by atoms with Crippen LogP contribution in [0.15, 0.2) is 64.3 Å². The van der Waals surface area contributed by atoms with Crippen LogP contribution in [-0.4, -0.2) is 13.0 Å². The van der Waals surface area contributed by atoms with E-state index in [4.69, 9.17) is 11.6 Å². The van der Waals surface area contributed by atoms with E-state index in [0.29, 0.717) is 22.1 Å². The molecule has 2 aromatic carbocycles. The third-order valence-electron chi connectivity index (χ3n) is 4.08. The Morgan fingerprint density at radius 2 is 1.71 bits per heavy atom. The highest BCUT2D eigenvalue weighted by Crippen LogP contribution is 2.31. The Balaban J connectivity index is 2.10. The molecule has 0 aliphatic heterocycles. The van der Waals surface area contributed by atoms with Crippen LogP contribution in [0.3, 0.4) is 0 Å². The van der Waals surface area contributed by atoms with Crippen LogP contribution in [-0.2, 0) is 17.1 Å². The van der Waals surface area contributed by atoms with Gasteiger partial charge in [0, 0.05) is 16.2 Å². The molecule has 0 radical (unpaired) electrons. The van der Waals surface area contributed by atoms with E-state index >= 15 is 0 Å². The molecular weight excluding hydrogens is 513 g/mol. The van der Waals surface area contributed by atoms with Crippen molar-refractivity contribution in [3.05, 3.63) is 79.1 Å². The molecular formula is C19H17ClIN3O3S. The number of rotatable bonds is 5. The lowest BCUT2D eigenvalue weighted by Crippen LogP contribution is -2.24. The Hall–Kier alpha value is -2.04. The van der Waals surface area contributed by atoms with Gasteiger partial charge in [-0.25, -0.2) is 8.42 Å². The van der Waals surface area contributed by atoms with Gasteiger partial charge < -0.3 is 5.32 Å². The fourth-order valence-corrected chi connectivity index (χ4v) is 4.63. The third kappa shape index (κ3) is 4.34. The van der Waals surface area contributed by atoms with Crippen molar-refractivity contribution in [1.29, 1.82) is 0 Å². The fraction of sp³-hybridized carbons (Fsp3) is 0.105. The lowest BCUT2D eigenvalue weighted by atomic mass is 10.2. The van der Waals surface area contributed by atoms with Gasteiger partial charge in [-0.05, 0) is 65.9 Å². The summed E-state index contributed by atoms with van der Waals surface area (Å²) in [7, 11) is -2.26. The highest BCUT2D eigenvalue weighted by atomic mass is 127. The van der Waals surface area contributed by atoms with Crippen molar-refractivity contribution in [3.63, 3.8) is 0 Å². The number of hydrogen-bond acceptors (Lipinski definition) is 4. The molecule has 0 amide bonds. The Labute approximate surface area is 181 Å². The summed E-state index contributed by atoms with van der Waals surface area (Å²) in [6.45, 7) is 1.63. The van der Waals surface area contributed by atoms with Crippen LogP contribution in [0.2, 0.25) is 5.02 Å². The van der Waals surface area contributed by atoms with Crippen molar-refractivity contribution >= 4 is 61.4 Å². The zero-order valence-electron chi connectivity index (χ0n) is 15.0. The first-order valence-corrected chi connectivity index (χ1v) is 11.1. The zero-order valence-corrected chi connectivity index (χ0v) is 18.8. The number of aromatic nitrogens is 1. The van der Waals surface area contributed by atoms with Crippen molar-refractivity contribution < 1.29 is 8.42 Å². The minimum absolute atomic E-state index is 0.125. The summed E-state index contributed by atoms with van der Waals surface area (Å²) in [6, 6.07) is 14.9. The number of anilines is 3. The number of nitrogens with one attached hydrogen (secondary N) is 2. The maximum atomic E-state index is 12.8. The zero-order chi connectivity index (χ0) is 20.5. The number of aryl methyl sites for hydroxylation is 1. The van der Waals surface area contributed by atoms with Crippen LogP contribution >= 0.6 is 34.2 Å². The first-order chi connectivity index (χ1) is 13.2. The van der Waals surface area contributed by atoms with Crippen LogP contribution in [0, 0.1) is 10.5 Å². The second-order valence-electron chi connectivity index (χ2n) is 6.12. The minimum atomic E-state index is -3.83. The molecule has 0 aliphatic carbocycles. The van der Waals surface area contributed by atoms with Crippen LogP contribution < -0.4 is 15.6 Å². The second-order valence-corrected chi connectivity index (χ2v) is 9.46. The van der Waals surface area contributed by atoms with Crippen LogP contribution in [0.1, 0.15) is 5.56 Å². The number of benzene rings is 2. The van der Waals surface area contributed by atoms with E-state index in [1.165, 1.54) is 22.8 Å². The van der Waals surface area contributed by atoms with Crippen molar-refractivity contribution in [3.8, 4) is 0 Å². The molecule has 6 nitrogen and oxygen atoms in total. The summed E-state index contributed by atoms with van der Waals surface area (Å²) in [5.41, 5.74) is 0.971. The molecule has 1 heterocycles.